The average Bonchev–Trinajstić information content (AvgIpc) is 2.49. The molecule has 0 fully saturated rings. The standard InChI is InChI=1S/C15H11FN2OS/c1-20-13-5-2-10(3-6-13)15(19)18-12-4-7-14(16)11(8-12)9-17/h2-8H,1H3,(H,18,19). The van der Waals surface area contributed by atoms with Gasteiger partial charge in [-0.25, -0.2) is 4.39 Å². The van der Waals surface area contributed by atoms with E-state index in [0.717, 1.165) is 11.0 Å². The van der Waals surface area contributed by atoms with E-state index in [1.54, 1.807) is 30.0 Å². The summed E-state index contributed by atoms with van der Waals surface area (Å²) in [5.74, 6) is -0.900. The SMILES string of the molecule is CSc1ccc(C(=O)Nc2ccc(F)c(C#N)c2)cc1. The predicted octanol–water partition coefficient (Wildman–Crippen LogP) is 3.67. The van der Waals surface area contributed by atoms with Crippen LogP contribution in [0.4, 0.5) is 10.1 Å². The van der Waals surface area contributed by atoms with Crippen LogP contribution in [0.3, 0.4) is 0 Å². The van der Waals surface area contributed by atoms with Crippen molar-refractivity contribution in [2.45, 2.75) is 4.90 Å². The van der Waals surface area contributed by atoms with E-state index in [1.807, 2.05) is 18.4 Å². The van der Waals surface area contributed by atoms with E-state index >= 15 is 0 Å². The Bertz CT molecular complexity index is 677. The van der Waals surface area contributed by atoms with Crippen molar-refractivity contribution in [2.24, 2.45) is 0 Å². The number of thioether (sulfide) groups is 1. The molecular weight excluding hydrogens is 275 g/mol. The third kappa shape index (κ3) is 3.16. The van der Waals surface area contributed by atoms with Crippen LogP contribution in [0.2, 0.25) is 0 Å². The monoisotopic (exact) mass is 286 g/mol. The molecule has 0 unspecified atom stereocenters. The molecule has 0 saturated heterocycles. The van der Waals surface area contributed by atoms with Crippen molar-refractivity contribution in [2.75, 3.05) is 11.6 Å². The molecule has 20 heavy (non-hydrogen) atoms. The molecular formula is C15H11FN2OS. The zero-order valence-corrected chi connectivity index (χ0v) is 11.5. The molecule has 0 spiro atoms. The number of nitrogens with one attached hydrogen (secondary N) is 1. The Morgan fingerprint density at radius 1 is 1.25 bits per heavy atom. The van der Waals surface area contributed by atoms with Crippen molar-refractivity contribution in [3.63, 3.8) is 0 Å². The Kier molecular flexibility index (Phi) is 4.38. The quantitative estimate of drug-likeness (QED) is 0.876. The van der Waals surface area contributed by atoms with Crippen LogP contribution in [0.15, 0.2) is 47.4 Å². The summed E-state index contributed by atoms with van der Waals surface area (Å²) < 4.78 is 13.2. The van der Waals surface area contributed by atoms with Crippen molar-refractivity contribution in [1.82, 2.24) is 0 Å². The number of nitrogens with zero attached hydrogens (tertiary/aromatic N) is 1. The molecule has 0 aromatic heterocycles. The van der Waals surface area contributed by atoms with Crippen LogP contribution in [0, 0.1) is 17.1 Å². The normalized spacial score (nSPS) is 9.85. The zero-order chi connectivity index (χ0) is 14.5. The highest BCUT2D eigenvalue weighted by molar-refractivity contribution is 7.98. The Balaban J connectivity index is 2.17. The molecule has 0 aliphatic rings. The van der Waals surface area contributed by atoms with Crippen LogP contribution in [0.5, 0.6) is 0 Å². The summed E-state index contributed by atoms with van der Waals surface area (Å²) in [6.07, 6.45) is 1.96. The van der Waals surface area contributed by atoms with Crippen LogP contribution < -0.4 is 5.32 Å². The maximum absolute atomic E-state index is 13.2. The molecule has 1 amide bonds. The molecule has 3 nitrogen and oxygen atoms in total. The van der Waals surface area contributed by atoms with Gasteiger partial charge >= 0.3 is 0 Å². The number of carbonyl (C=O) groups excluding carboxylic acids is 1. The van der Waals surface area contributed by atoms with Gasteiger partial charge in [0.15, 0.2) is 0 Å². The number of rotatable bonds is 3. The molecule has 0 radical (unpaired) electrons. The highest BCUT2D eigenvalue weighted by Gasteiger charge is 2.08. The molecule has 0 aliphatic heterocycles. The second kappa shape index (κ2) is 6.22. The first-order valence-electron chi connectivity index (χ1n) is 5.79. The lowest BCUT2D eigenvalue weighted by Crippen LogP contribution is -2.11. The largest absolute Gasteiger partial charge is 0.322 e. The molecule has 0 atom stereocenters. The van der Waals surface area contributed by atoms with Crippen LogP contribution in [0.25, 0.3) is 0 Å². The minimum absolute atomic E-state index is 0.0967. The number of hydrogen-bond acceptors (Lipinski definition) is 3. The van der Waals surface area contributed by atoms with Gasteiger partial charge in [0, 0.05) is 16.1 Å². The second-order valence-electron chi connectivity index (χ2n) is 3.99. The summed E-state index contributed by atoms with van der Waals surface area (Å²) in [4.78, 5) is 13.1. The zero-order valence-electron chi connectivity index (χ0n) is 10.7. The van der Waals surface area contributed by atoms with E-state index in [2.05, 4.69) is 5.32 Å². The Morgan fingerprint density at radius 3 is 2.55 bits per heavy atom. The van der Waals surface area contributed by atoms with E-state index in [1.165, 1.54) is 12.1 Å². The molecule has 0 bridgehead atoms. The fraction of sp³-hybridized carbons (Fsp3) is 0.0667. The predicted molar refractivity (Wildman–Crippen MR) is 77.3 cm³/mol. The fourth-order valence-electron chi connectivity index (χ4n) is 1.63. The summed E-state index contributed by atoms with van der Waals surface area (Å²) >= 11 is 1.59. The molecule has 100 valence electrons. The number of nitriles is 1. The van der Waals surface area contributed by atoms with E-state index in [-0.39, 0.29) is 11.5 Å². The van der Waals surface area contributed by atoms with Gasteiger partial charge in [0.1, 0.15) is 11.9 Å². The van der Waals surface area contributed by atoms with Crippen LogP contribution in [0.1, 0.15) is 15.9 Å². The smallest absolute Gasteiger partial charge is 0.255 e. The van der Waals surface area contributed by atoms with Crippen molar-refractivity contribution in [3.8, 4) is 6.07 Å². The second-order valence-corrected chi connectivity index (χ2v) is 4.87. The minimum atomic E-state index is -0.602. The molecule has 0 aliphatic carbocycles. The van der Waals surface area contributed by atoms with Crippen molar-refractivity contribution < 1.29 is 9.18 Å². The minimum Gasteiger partial charge on any atom is -0.322 e. The maximum atomic E-state index is 13.2. The summed E-state index contributed by atoms with van der Waals surface area (Å²) in [6, 6.07) is 12.8. The van der Waals surface area contributed by atoms with Crippen LogP contribution >= 0.6 is 11.8 Å². The lowest BCUT2D eigenvalue weighted by molar-refractivity contribution is 0.102. The van der Waals surface area contributed by atoms with Gasteiger partial charge in [0.2, 0.25) is 0 Å². The van der Waals surface area contributed by atoms with E-state index in [4.69, 9.17) is 5.26 Å². The maximum Gasteiger partial charge on any atom is 0.255 e. The lowest BCUT2D eigenvalue weighted by atomic mass is 10.2. The molecule has 1 N–H and O–H groups in total. The Hall–Kier alpha value is -2.32. The van der Waals surface area contributed by atoms with Crippen molar-refractivity contribution >= 4 is 23.4 Å². The Morgan fingerprint density at radius 2 is 1.95 bits per heavy atom. The summed E-state index contributed by atoms with van der Waals surface area (Å²) in [5, 5.41) is 11.4. The first-order chi connectivity index (χ1) is 9.63. The first-order valence-corrected chi connectivity index (χ1v) is 7.01. The van der Waals surface area contributed by atoms with Gasteiger partial charge in [0.25, 0.3) is 5.91 Å². The number of halogens is 1. The molecule has 2 aromatic carbocycles. The van der Waals surface area contributed by atoms with Crippen molar-refractivity contribution in [3.05, 3.63) is 59.4 Å². The van der Waals surface area contributed by atoms with Gasteiger partial charge in [-0.3, -0.25) is 4.79 Å². The van der Waals surface area contributed by atoms with Gasteiger partial charge in [0.05, 0.1) is 5.56 Å². The van der Waals surface area contributed by atoms with Crippen LogP contribution in [-0.4, -0.2) is 12.2 Å². The van der Waals surface area contributed by atoms with Crippen molar-refractivity contribution in [1.29, 1.82) is 5.26 Å². The number of amides is 1. The van der Waals surface area contributed by atoms with E-state index in [9.17, 15) is 9.18 Å². The lowest BCUT2D eigenvalue weighted by Gasteiger charge is -2.06. The summed E-state index contributed by atoms with van der Waals surface area (Å²) in [6.45, 7) is 0. The average molecular weight is 286 g/mol. The van der Waals surface area contributed by atoms with Crippen LogP contribution in [-0.2, 0) is 0 Å². The number of anilines is 1. The summed E-state index contributed by atoms with van der Waals surface area (Å²) in [5.41, 5.74) is 0.799. The first kappa shape index (κ1) is 14.1. The van der Waals surface area contributed by atoms with Gasteiger partial charge in [-0.2, -0.15) is 5.26 Å². The third-order valence-electron chi connectivity index (χ3n) is 2.70. The molecule has 0 saturated carbocycles. The highest BCUT2D eigenvalue weighted by Crippen LogP contribution is 2.17. The number of hydrogen-bond donors (Lipinski definition) is 1. The van der Waals surface area contributed by atoms with Gasteiger partial charge in [-0.15, -0.1) is 11.8 Å². The third-order valence-corrected chi connectivity index (χ3v) is 3.44. The molecule has 2 rings (SSSR count). The van der Waals surface area contributed by atoms with Gasteiger partial charge in [-0.05, 0) is 48.7 Å². The van der Waals surface area contributed by atoms with Gasteiger partial charge in [-0.1, -0.05) is 0 Å². The van der Waals surface area contributed by atoms with E-state index in [0.29, 0.717) is 11.3 Å². The molecule has 0 heterocycles. The topological polar surface area (TPSA) is 52.9 Å². The number of benzene rings is 2. The van der Waals surface area contributed by atoms with E-state index < -0.39 is 5.82 Å². The fourth-order valence-corrected chi connectivity index (χ4v) is 2.04. The highest BCUT2D eigenvalue weighted by atomic mass is 32.2. The molecule has 2 aromatic rings. The summed E-state index contributed by atoms with van der Waals surface area (Å²) in [7, 11) is 0. The molecule has 5 heteroatoms. The van der Waals surface area contributed by atoms with Gasteiger partial charge < -0.3 is 5.32 Å². The Labute approximate surface area is 120 Å². The number of carbonyl (C=O) groups is 1.